The zero-order valence-electron chi connectivity index (χ0n) is 9.96. The Morgan fingerprint density at radius 3 is 2.61 bits per heavy atom. The van der Waals surface area contributed by atoms with Crippen LogP contribution in [-0.2, 0) is 17.4 Å². The highest BCUT2D eigenvalue weighted by Gasteiger charge is 2.30. The third kappa shape index (κ3) is 3.86. The van der Waals surface area contributed by atoms with Crippen molar-refractivity contribution >= 4 is 5.78 Å². The molecule has 0 heterocycles. The van der Waals surface area contributed by atoms with E-state index < -0.39 is 11.7 Å². The van der Waals surface area contributed by atoms with Crippen LogP contribution < -0.4 is 0 Å². The average Bonchev–Trinajstić information content (AvgIpc) is 3.09. The molecule has 0 amide bonds. The summed E-state index contributed by atoms with van der Waals surface area (Å²) in [7, 11) is 0. The van der Waals surface area contributed by atoms with Crippen molar-refractivity contribution in [3.63, 3.8) is 0 Å². The van der Waals surface area contributed by atoms with E-state index in [-0.39, 0.29) is 12.2 Å². The molecule has 1 aliphatic rings. The number of hydrogen-bond donors (Lipinski definition) is 0. The molecule has 1 aromatic carbocycles. The standard InChI is InChI=1S/C14H15F3O/c15-14(16,17)12-3-1-2-11(8-12)9-13(18)7-6-10-4-5-10/h1-3,8,10H,4-7,9H2. The Morgan fingerprint density at radius 1 is 1.28 bits per heavy atom. The number of benzene rings is 1. The van der Waals surface area contributed by atoms with Gasteiger partial charge in [0.2, 0.25) is 0 Å². The van der Waals surface area contributed by atoms with E-state index in [4.69, 9.17) is 0 Å². The van der Waals surface area contributed by atoms with Gasteiger partial charge in [0.25, 0.3) is 0 Å². The molecule has 0 bridgehead atoms. The van der Waals surface area contributed by atoms with Crippen LogP contribution in [0.1, 0.15) is 36.8 Å². The minimum atomic E-state index is -4.34. The second-order valence-electron chi connectivity index (χ2n) is 4.90. The number of hydrogen-bond acceptors (Lipinski definition) is 1. The lowest BCUT2D eigenvalue weighted by Crippen LogP contribution is -2.07. The number of Topliss-reactive ketones (excluding diaryl/α,β-unsaturated/α-hetero) is 1. The zero-order valence-corrected chi connectivity index (χ0v) is 9.96. The van der Waals surface area contributed by atoms with Gasteiger partial charge in [-0.2, -0.15) is 13.2 Å². The smallest absolute Gasteiger partial charge is 0.299 e. The largest absolute Gasteiger partial charge is 0.416 e. The summed E-state index contributed by atoms with van der Waals surface area (Å²) in [5.74, 6) is 0.705. The average molecular weight is 256 g/mol. The van der Waals surface area contributed by atoms with Gasteiger partial charge in [-0.05, 0) is 24.0 Å². The Morgan fingerprint density at radius 2 is 2.00 bits per heavy atom. The molecule has 98 valence electrons. The van der Waals surface area contributed by atoms with Crippen LogP contribution in [0.3, 0.4) is 0 Å². The summed E-state index contributed by atoms with van der Waals surface area (Å²) in [6.45, 7) is 0. The third-order valence-corrected chi connectivity index (χ3v) is 3.18. The summed E-state index contributed by atoms with van der Waals surface area (Å²) < 4.78 is 37.4. The van der Waals surface area contributed by atoms with E-state index in [0.717, 1.165) is 18.6 Å². The summed E-state index contributed by atoms with van der Waals surface area (Å²) in [6, 6.07) is 5.02. The Balaban J connectivity index is 1.93. The van der Waals surface area contributed by atoms with E-state index >= 15 is 0 Å². The second kappa shape index (κ2) is 5.12. The van der Waals surface area contributed by atoms with Crippen LogP contribution in [-0.4, -0.2) is 5.78 Å². The molecule has 0 unspecified atom stereocenters. The maximum Gasteiger partial charge on any atom is 0.416 e. The Kier molecular flexibility index (Phi) is 3.73. The van der Waals surface area contributed by atoms with E-state index in [0.29, 0.717) is 17.9 Å². The van der Waals surface area contributed by atoms with Crippen molar-refractivity contribution in [3.05, 3.63) is 35.4 Å². The van der Waals surface area contributed by atoms with E-state index in [1.165, 1.54) is 18.9 Å². The van der Waals surface area contributed by atoms with Gasteiger partial charge < -0.3 is 0 Å². The fourth-order valence-electron chi connectivity index (χ4n) is 1.95. The third-order valence-electron chi connectivity index (χ3n) is 3.18. The van der Waals surface area contributed by atoms with Gasteiger partial charge in [-0.1, -0.05) is 31.0 Å². The lowest BCUT2D eigenvalue weighted by molar-refractivity contribution is -0.137. The second-order valence-corrected chi connectivity index (χ2v) is 4.90. The molecule has 2 rings (SSSR count). The van der Waals surface area contributed by atoms with Crippen LogP contribution in [0.2, 0.25) is 0 Å². The first-order chi connectivity index (χ1) is 8.45. The highest BCUT2D eigenvalue weighted by atomic mass is 19.4. The van der Waals surface area contributed by atoms with Crippen LogP contribution in [0, 0.1) is 5.92 Å². The molecule has 0 saturated heterocycles. The molecule has 0 spiro atoms. The molecule has 1 saturated carbocycles. The van der Waals surface area contributed by atoms with E-state index in [1.807, 2.05) is 0 Å². The van der Waals surface area contributed by atoms with Gasteiger partial charge in [0.1, 0.15) is 5.78 Å². The monoisotopic (exact) mass is 256 g/mol. The minimum Gasteiger partial charge on any atom is -0.299 e. The van der Waals surface area contributed by atoms with Gasteiger partial charge in [0.05, 0.1) is 5.56 Å². The molecule has 0 aliphatic heterocycles. The molecule has 0 atom stereocenters. The first kappa shape index (κ1) is 13.1. The fraction of sp³-hybridized carbons (Fsp3) is 0.500. The number of carbonyl (C=O) groups is 1. The van der Waals surface area contributed by atoms with Crippen molar-refractivity contribution in [2.24, 2.45) is 5.92 Å². The highest BCUT2D eigenvalue weighted by Crippen LogP contribution is 2.33. The van der Waals surface area contributed by atoms with Crippen LogP contribution in [0.25, 0.3) is 0 Å². The predicted octanol–water partition coefficient (Wildman–Crippen LogP) is 4.01. The van der Waals surface area contributed by atoms with E-state index in [2.05, 4.69) is 0 Å². The van der Waals surface area contributed by atoms with Crippen LogP contribution >= 0.6 is 0 Å². The number of rotatable bonds is 5. The molecule has 0 radical (unpaired) electrons. The molecule has 1 nitrogen and oxygen atoms in total. The molecule has 0 N–H and O–H groups in total. The minimum absolute atomic E-state index is 0.0289. The first-order valence-corrected chi connectivity index (χ1v) is 6.13. The fourth-order valence-corrected chi connectivity index (χ4v) is 1.95. The highest BCUT2D eigenvalue weighted by molar-refractivity contribution is 5.80. The number of carbonyl (C=O) groups excluding carboxylic acids is 1. The van der Waals surface area contributed by atoms with Crippen LogP contribution in [0.5, 0.6) is 0 Å². The van der Waals surface area contributed by atoms with Gasteiger partial charge in [-0.3, -0.25) is 4.79 Å². The first-order valence-electron chi connectivity index (χ1n) is 6.13. The Labute approximate surface area is 104 Å². The van der Waals surface area contributed by atoms with Crippen LogP contribution in [0.15, 0.2) is 24.3 Å². The summed E-state index contributed by atoms with van der Waals surface area (Å²) in [5.41, 5.74) is -0.236. The van der Waals surface area contributed by atoms with Crippen molar-refractivity contribution in [2.75, 3.05) is 0 Å². The quantitative estimate of drug-likeness (QED) is 0.778. The van der Waals surface area contributed by atoms with Gasteiger partial charge in [0.15, 0.2) is 0 Å². The molecule has 1 fully saturated rings. The van der Waals surface area contributed by atoms with Crippen molar-refractivity contribution in [2.45, 2.75) is 38.3 Å². The zero-order chi connectivity index (χ0) is 13.2. The number of alkyl halides is 3. The Hall–Kier alpha value is -1.32. The molecular weight excluding hydrogens is 241 g/mol. The number of halogens is 3. The normalized spacial score (nSPS) is 15.7. The molecule has 1 aromatic rings. The van der Waals surface area contributed by atoms with Crippen molar-refractivity contribution in [1.82, 2.24) is 0 Å². The number of ketones is 1. The van der Waals surface area contributed by atoms with Crippen molar-refractivity contribution in [3.8, 4) is 0 Å². The maximum absolute atomic E-state index is 12.5. The maximum atomic E-state index is 12.5. The topological polar surface area (TPSA) is 17.1 Å². The van der Waals surface area contributed by atoms with E-state index in [1.54, 1.807) is 6.07 Å². The summed E-state index contributed by atoms with van der Waals surface area (Å²) in [5, 5.41) is 0. The summed E-state index contributed by atoms with van der Waals surface area (Å²) >= 11 is 0. The molecule has 0 aromatic heterocycles. The van der Waals surface area contributed by atoms with Crippen molar-refractivity contribution in [1.29, 1.82) is 0 Å². The molecular formula is C14H15F3O. The van der Waals surface area contributed by atoms with Crippen molar-refractivity contribution < 1.29 is 18.0 Å². The summed E-state index contributed by atoms with van der Waals surface area (Å²) in [6.07, 6.45) is -0.476. The molecule has 18 heavy (non-hydrogen) atoms. The van der Waals surface area contributed by atoms with Gasteiger partial charge in [-0.25, -0.2) is 0 Å². The summed E-state index contributed by atoms with van der Waals surface area (Å²) in [4.78, 5) is 11.6. The van der Waals surface area contributed by atoms with Gasteiger partial charge in [-0.15, -0.1) is 0 Å². The lowest BCUT2D eigenvalue weighted by Gasteiger charge is -2.08. The molecule has 1 aliphatic carbocycles. The molecule has 4 heteroatoms. The SMILES string of the molecule is O=C(CCC1CC1)Cc1cccc(C(F)(F)F)c1. The predicted molar refractivity (Wildman–Crippen MR) is 62.1 cm³/mol. The van der Waals surface area contributed by atoms with Gasteiger partial charge in [0, 0.05) is 12.8 Å². The Bertz CT molecular complexity index is 433. The van der Waals surface area contributed by atoms with Crippen LogP contribution in [0.4, 0.5) is 13.2 Å². The van der Waals surface area contributed by atoms with E-state index in [9.17, 15) is 18.0 Å². The van der Waals surface area contributed by atoms with Gasteiger partial charge >= 0.3 is 6.18 Å². The lowest BCUT2D eigenvalue weighted by atomic mass is 10.0.